The zero-order valence-corrected chi connectivity index (χ0v) is 8.58. The Hall–Kier alpha value is -0.120. The van der Waals surface area contributed by atoms with E-state index in [0.29, 0.717) is 18.6 Å². The highest BCUT2D eigenvalue weighted by molar-refractivity contribution is 4.95. The van der Waals surface area contributed by atoms with Crippen molar-refractivity contribution in [3.63, 3.8) is 0 Å². The average molecular weight is 186 g/mol. The van der Waals surface area contributed by atoms with Crippen LogP contribution in [0.15, 0.2) is 0 Å². The Morgan fingerprint density at radius 2 is 2.23 bits per heavy atom. The summed E-state index contributed by atoms with van der Waals surface area (Å²) in [5, 5.41) is 0. The maximum atomic E-state index is 5.95. The van der Waals surface area contributed by atoms with Crippen molar-refractivity contribution in [2.24, 2.45) is 5.92 Å². The maximum Gasteiger partial charge on any atom is 0.0941 e. The summed E-state index contributed by atoms with van der Waals surface area (Å²) in [7, 11) is 1.78. The summed E-state index contributed by atoms with van der Waals surface area (Å²) in [5.41, 5.74) is -0.137. The average Bonchev–Trinajstić information content (AvgIpc) is 2.12. The lowest BCUT2D eigenvalue weighted by atomic mass is 9.80. The number of hydrogen-bond donors (Lipinski definition) is 0. The van der Waals surface area contributed by atoms with E-state index in [4.69, 9.17) is 14.2 Å². The van der Waals surface area contributed by atoms with Crippen LogP contribution >= 0.6 is 0 Å². The molecule has 13 heavy (non-hydrogen) atoms. The molecule has 2 aliphatic heterocycles. The highest BCUT2D eigenvalue weighted by atomic mass is 16.6. The predicted octanol–water partition coefficient (Wildman–Crippen LogP) is 1.22. The van der Waals surface area contributed by atoms with Crippen molar-refractivity contribution in [1.29, 1.82) is 0 Å². The lowest BCUT2D eigenvalue weighted by Gasteiger charge is -2.50. The highest BCUT2D eigenvalue weighted by Gasteiger charge is 2.47. The third kappa shape index (κ3) is 1.49. The van der Waals surface area contributed by atoms with Crippen LogP contribution < -0.4 is 0 Å². The summed E-state index contributed by atoms with van der Waals surface area (Å²) in [6, 6.07) is 0. The van der Waals surface area contributed by atoms with Crippen molar-refractivity contribution in [1.82, 2.24) is 0 Å². The molecule has 2 heterocycles. The third-order valence-corrected chi connectivity index (χ3v) is 3.45. The molecule has 2 rings (SSSR count). The first-order chi connectivity index (χ1) is 6.15. The molecule has 2 unspecified atom stereocenters. The Kier molecular flexibility index (Phi) is 2.34. The Balaban J connectivity index is 2.15. The maximum absolute atomic E-state index is 5.95. The molecule has 2 saturated heterocycles. The van der Waals surface area contributed by atoms with E-state index in [1.807, 2.05) is 0 Å². The normalized spacial score (nSPS) is 50.5. The van der Waals surface area contributed by atoms with Crippen LogP contribution in [-0.2, 0) is 14.2 Å². The van der Waals surface area contributed by atoms with E-state index in [0.717, 1.165) is 13.0 Å². The SMILES string of the molecule is COC1C[C@@H]2COC[C@@](C)(O2)C1C. The second kappa shape index (κ2) is 3.23. The zero-order chi connectivity index (χ0) is 9.47. The van der Waals surface area contributed by atoms with Crippen LogP contribution in [0.5, 0.6) is 0 Å². The van der Waals surface area contributed by atoms with Gasteiger partial charge in [0.25, 0.3) is 0 Å². The van der Waals surface area contributed by atoms with Gasteiger partial charge in [0.05, 0.1) is 31.0 Å². The molecule has 2 fully saturated rings. The number of methoxy groups -OCH3 is 1. The Morgan fingerprint density at radius 3 is 2.92 bits per heavy atom. The highest BCUT2D eigenvalue weighted by Crippen LogP contribution is 2.38. The minimum absolute atomic E-state index is 0.137. The van der Waals surface area contributed by atoms with Crippen LogP contribution in [0.2, 0.25) is 0 Å². The van der Waals surface area contributed by atoms with Gasteiger partial charge in [-0.25, -0.2) is 0 Å². The van der Waals surface area contributed by atoms with Crippen molar-refractivity contribution in [2.45, 2.75) is 38.1 Å². The summed E-state index contributed by atoms with van der Waals surface area (Å²) in [6.07, 6.45) is 1.53. The monoisotopic (exact) mass is 186 g/mol. The van der Waals surface area contributed by atoms with E-state index in [-0.39, 0.29) is 11.7 Å². The Labute approximate surface area is 79.4 Å². The molecule has 3 nitrogen and oxygen atoms in total. The van der Waals surface area contributed by atoms with E-state index in [9.17, 15) is 0 Å². The first-order valence-electron chi connectivity index (χ1n) is 4.94. The zero-order valence-electron chi connectivity index (χ0n) is 8.58. The largest absolute Gasteiger partial charge is 0.381 e. The first kappa shape index (κ1) is 9.44. The molecular weight excluding hydrogens is 168 g/mol. The van der Waals surface area contributed by atoms with Crippen molar-refractivity contribution in [3.05, 3.63) is 0 Å². The van der Waals surface area contributed by atoms with Gasteiger partial charge in [0, 0.05) is 19.4 Å². The van der Waals surface area contributed by atoms with Gasteiger partial charge in [0.15, 0.2) is 0 Å². The van der Waals surface area contributed by atoms with Crippen molar-refractivity contribution in [2.75, 3.05) is 20.3 Å². The van der Waals surface area contributed by atoms with Gasteiger partial charge in [-0.15, -0.1) is 0 Å². The fourth-order valence-corrected chi connectivity index (χ4v) is 2.35. The third-order valence-electron chi connectivity index (χ3n) is 3.45. The van der Waals surface area contributed by atoms with E-state index < -0.39 is 0 Å². The van der Waals surface area contributed by atoms with E-state index in [1.165, 1.54) is 0 Å². The van der Waals surface area contributed by atoms with Gasteiger partial charge in [-0.3, -0.25) is 0 Å². The molecule has 0 aliphatic carbocycles. The molecule has 0 spiro atoms. The fraction of sp³-hybridized carbons (Fsp3) is 1.00. The molecule has 76 valence electrons. The van der Waals surface area contributed by atoms with Gasteiger partial charge in [0.1, 0.15) is 0 Å². The molecule has 0 aromatic carbocycles. The van der Waals surface area contributed by atoms with Crippen LogP contribution in [0.1, 0.15) is 20.3 Å². The lowest BCUT2D eigenvalue weighted by molar-refractivity contribution is -0.262. The van der Waals surface area contributed by atoms with Crippen LogP contribution in [0, 0.1) is 5.92 Å². The predicted molar refractivity (Wildman–Crippen MR) is 48.7 cm³/mol. The van der Waals surface area contributed by atoms with Gasteiger partial charge in [-0.2, -0.15) is 0 Å². The number of fused-ring (bicyclic) bond motifs is 2. The molecule has 2 aliphatic rings. The van der Waals surface area contributed by atoms with Gasteiger partial charge in [-0.05, 0) is 6.92 Å². The summed E-state index contributed by atoms with van der Waals surface area (Å²) in [4.78, 5) is 0. The Morgan fingerprint density at radius 1 is 1.46 bits per heavy atom. The summed E-state index contributed by atoms with van der Waals surface area (Å²) >= 11 is 0. The molecule has 0 amide bonds. The van der Waals surface area contributed by atoms with Gasteiger partial charge in [0.2, 0.25) is 0 Å². The van der Waals surface area contributed by atoms with E-state index >= 15 is 0 Å². The minimum atomic E-state index is -0.137. The molecular formula is C10H18O3. The van der Waals surface area contributed by atoms with Gasteiger partial charge < -0.3 is 14.2 Å². The summed E-state index contributed by atoms with van der Waals surface area (Å²) in [6.45, 7) is 5.72. The van der Waals surface area contributed by atoms with Crippen molar-refractivity contribution in [3.8, 4) is 0 Å². The van der Waals surface area contributed by atoms with Crippen LogP contribution in [-0.4, -0.2) is 38.1 Å². The molecule has 4 atom stereocenters. The van der Waals surface area contributed by atoms with Gasteiger partial charge in [-0.1, -0.05) is 6.92 Å². The second-order valence-corrected chi connectivity index (χ2v) is 4.37. The van der Waals surface area contributed by atoms with E-state index in [2.05, 4.69) is 13.8 Å². The number of ether oxygens (including phenoxy) is 3. The van der Waals surface area contributed by atoms with Crippen LogP contribution in [0.3, 0.4) is 0 Å². The lowest BCUT2D eigenvalue weighted by Crippen LogP contribution is -2.58. The summed E-state index contributed by atoms with van der Waals surface area (Å²) in [5.74, 6) is 0.411. The van der Waals surface area contributed by atoms with Crippen molar-refractivity contribution < 1.29 is 14.2 Å². The molecule has 0 N–H and O–H groups in total. The molecule has 0 aromatic rings. The Bertz CT molecular complexity index is 195. The minimum Gasteiger partial charge on any atom is -0.381 e. The quantitative estimate of drug-likeness (QED) is 0.616. The number of hydrogen-bond acceptors (Lipinski definition) is 3. The first-order valence-corrected chi connectivity index (χ1v) is 4.94. The van der Waals surface area contributed by atoms with Crippen molar-refractivity contribution >= 4 is 0 Å². The fourth-order valence-electron chi connectivity index (χ4n) is 2.35. The standard InChI is InChI=1S/C10H18O3/c1-7-9(11-3)4-8-5-12-6-10(7,2)13-8/h7-9H,4-6H2,1-3H3/t7?,8-,9?,10-/m1/s1. The van der Waals surface area contributed by atoms with Crippen LogP contribution in [0.4, 0.5) is 0 Å². The topological polar surface area (TPSA) is 27.7 Å². The molecule has 3 heteroatoms. The smallest absolute Gasteiger partial charge is 0.0941 e. The summed E-state index contributed by atoms with van der Waals surface area (Å²) < 4.78 is 16.9. The second-order valence-electron chi connectivity index (χ2n) is 4.37. The van der Waals surface area contributed by atoms with E-state index in [1.54, 1.807) is 7.11 Å². The van der Waals surface area contributed by atoms with Crippen LogP contribution in [0.25, 0.3) is 0 Å². The van der Waals surface area contributed by atoms with Gasteiger partial charge >= 0.3 is 0 Å². The molecule has 0 radical (unpaired) electrons. The molecule has 0 aromatic heterocycles. The number of rotatable bonds is 1. The molecule has 2 bridgehead atoms. The molecule has 0 saturated carbocycles.